The Morgan fingerprint density at radius 2 is 0.781 bits per heavy atom. The fraction of sp³-hybridized carbons (Fsp3) is 0.172. The molecule has 3 heteroatoms. The summed E-state index contributed by atoms with van der Waals surface area (Å²) in [6, 6.07) is 23.9. The highest BCUT2D eigenvalue weighted by Crippen LogP contribution is 2.40. The van der Waals surface area contributed by atoms with Crippen LogP contribution < -0.4 is 14.2 Å². The van der Waals surface area contributed by atoms with Gasteiger partial charge in [-0.05, 0) is 60.0 Å². The Bertz CT molecular complexity index is 987. The van der Waals surface area contributed by atoms with E-state index in [9.17, 15) is 0 Å². The van der Waals surface area contributed by atoms with Crippen LogP contribution in [0.2, 0.25) is 0 Å². The fourth-order valence-corrected chi connectivity index (χ4v) is 3.53. The summed E-state index contributed by atoms with van der Waals surface area (Å²) in [6.07, 6.45) is 15.9. The van der Waals surface area contributed by atoms with E-state index in [0.29, 0.717) is 0 Å². The maximum absolute atomic E-state index is 5.54. The molecule has 0 aliphatic rings. The lowest BCUT2D eigenvalue weighted by Crippen LogP contribution is -2.25. The molecule has 3 aromatic carbocycles. The zero-order chi connectivity index (χ0) is 22.8. The maximum Gasteiger partial charge on any atom is 0.148 e. The standard InChI is InChI=1S/C29H24O3/c1-5-20-30-26-14-8-23(9-15-26)29(4,24-10-16-27(17-11-24)31-21-6-2)25-12-18-28(19-13-25)32-22-7-3/h1-3,8-19H,20-22H2,4H3. The van der Waals surface area contributed by atoms with Crippen molar-refractivity contribution in [2.24, 2.45) is 0 Å². The molecule has 3 rings (SSSR count). The van der Waals surface area contributed by atoms with Crippen molar-refractivity contribution in [1.82, 2.24) is 0 Å². The lowest BCUT2D eigenvalue weighted by molar-refractivity contribution is 0.370. The Morgan fingerprint density at radius 1 is 0.531 bits per heavy atom. The lowest BCUT2D eigenvalue weighted by Gasteiger charge is -2.32. The van der Waals surface area contributed by atoms with Gasteiger partial charge < -0.3 is 14.2 Å². The predicted molar refractivity (Wildman–Crippen MR) is 128 cm³/mol. The number of hydrogen-bond donors (Lipinski definition) is 0. The van der Waals surface area contributed by atoms with E-state index in [2.05, 4.69) is 61.1 Å². The number of ether oxygens (including phenoxy) is 3. The van der Waals surface area contributed by atoms with Gasteiger partial charge in [-0.1, -0.05) is 54.2 Å². The average Bonchev–Trinajstić information content (AvgIpc) is 2.85. The molecule has 0 fully saturated rings. The van der Waals surface area contributed by atoms with E-state index in [1.54, 1.807) is 0 Å². The molecule has 0 amide bonds. The Morgan fingerprint density at radius 3 is 1.00 bits per heavy atom. The van der Waals surface area contributed by atoms with Crippen molar-refractivity contribution in [2.45, 2.75) is 12.3 Å². The highest BCUT2D eigenvalue weighted by atomic mass is 16.5. The molecule has 158 valence electrons. The molecule has 0 aliphatic carbocycles. The summed E-state index contributed by atoms with van der Waals surface area (Å²) in [6.45, 7) is 2.87. The quantitative estimate of drug-likeness (QED) is 0.357. The molecule has 0 spiro atoms. The zero-order valence-corrected chi connectivity index (χ0v) is 18.0. The molecule has 0 unspecified atom stereocenters. The first kappa shape index (κ1) is 22.4. The van der Waals surface area contributed by atoms with E-state index < -0.39 is 5.41 Å². The van der Waals surface area contributed by atoms with Gasteiger partial charge in [-0.25, -0.2) is 0 Å². The molecule has 0 aromatic heterocycles. The van der Waals surface area contributed by atoms with E-state index in [1.165, 1.54) is 0 Å². The second kappa shape index (κ2) is 10.7. The van der Waals surface area contributed by atoms with Crippen LogP contribution in [-0.4, -0.2) is 19.8 Å². The van der Waals surface area contributed by atoms with Gasteiger partial charge in [-0.15, -0.1) is 19.3 Å². The Hall–Kier alpha value is -4.26. The van der Waals surface area contributed by atoms with Gasteiger partial charge in [-0.3, -0.25) is 0 Å². The van der Waals surface area contributed by atoms with Crippen molar-refractivity contribution < 1.29 is 14.2 Å². The zero-order valence-electron chi connectivity index (χ0n) is 18.0. The van der Waals surface area contributed by atoms with Crippen molar-refractivity contribution in [3.8, 4) is 54.3 Å². The molecule has 0 atom stereocenters. The van der Waals surface area contributed by atoms with E-state index >= 15 is 0 Å². The SMILES string of the molecule is C#CCOc1ccc(C(C)(c2ccc(OCC#C)cc2)c2ccc(OCC#C)cc2)cc1. The molecule has 3 nitrogen and oxygen atoms in total. The van der Waals surface area contributed by atoms with Gasteiger partial charge in [0, 0.05) is 5.41 Å². The topological polar surface area (TPSA) is 27.7 Å². The third kappa shape index (κ3) is 5.07. The molecular formula is C29H24O3. The van der Waals surface area contributed by atoms with Gasteiger partial charge >= 0.3 is 0 Å². The smallest absolute Gasteiger partial charge is 0.148 e. The van der Waals surface area contributed by atoms with Gasteiger partial charge in [0.15, 0.2) is 0 Å². The predicted octanol–water partition coefficient (Wildman–Crippen LogP) is 5.08. The first-order valence-corrected chi connectivity index (χ1v) is 10.1. The van der Waals surface area contributed by atoms with E-state index in [-0.39, 0.29) is 19.8 Å². The molecule has 32 heavy (non-hydrogen) atoms. The summed E-state index contributed by atoms with van der Waals surface area (Å²) in [5, 5.41) is 0. The fourth-order valence-electron chi connectivity index (χ4n) is 3.53. The molecule has 0 N–H and O–H groups in total. The summed E-state index contributed by atoms with van der Waals surface area (Å²) in [5.41, 5.74) is 2.85. The van der Waals surface area contributed by atoms with E-state index in [1.807, 2.05) is 36.4 Å². The molecule has 0 saturated carbocycles. The summed E-state index contributed by atoms with van der Waals surface area (Å²) in [4.78, 5) is 0. The van der Waals surface area contributed by atoms with E-state index in [4.69, 9.17) is 33.5 Å². The molecular weight excluding hydrogens is 396 g/mol. The van der Waals surface area contributed by atoms with Crippen molar-refractivity contribution in [2.75, 3.05) is 19.8 Å². The van der Waals surface area contributed by atoms with Gasteiger partial charge in [0.1, 0.15) is 37.1 Å². The minimum absolute atomic E-state index is 0.231. The van der Waals surface area contributed by atoms with Crippen LogP contribution in [0.5, 0.6) is 17.2 Å². The van der Waals surface area contributed by atoms with Gasteiger partial charge in [0.25, 0.3) is 0 Å². The number of terminal acetylenes is 3. The average molecular weight is 421 g/mol. The number of benzene rings is 3. The third-order valence-electron chi connectivity index (χ3n) is 5.26. The molecule has 0 radical (unpaired) electrons. The number of rotatable bonds is 9. The van der Waals surface area contributed by atoms with Crippen molar-refractivity contribution in [1.29, 1.82) is 0 Å². The maximum atomic E-state index is 5.54. The molecule has 0 aliphatic heterocycles. The third-order valence-corrected chi connectivity index (χ3v) is 5.26. The van der Waals surface area contributed by atoms with Crippen molar-refractivity contribution >= 4 is 0 Å². The van der Waals surface area contributed by atoms with Crippen molar-refractivity contribution in [3.63, 3.8) is 0 Å². The van der Waals surface area contributed by atoms with Crippen LogP contribution >= 0.6 is 0 Å². The second-order valence-electron chi connectivity index (χ2n) is 7.18. The monoisotopic (exact) mass is 420 g/mol. The highest BCUT2D eigenvalue weighted by molar-refractivity contribution is 5.52. The largest absolute Gasteiger partial charge is 0.481 e. The molecule has 0 heterocycles. The molecule has 3 aromatic rings. The number of hydrogen-bond acceptors (Lipinski definition) is 3. The van der Waals surface area contributed by atoms with Crippen LogP contribution in [0.4, 0.5) is 0 Å². The van der Waals surface area contributed by atoms with Crippen LogP contribution in [0, 0.1) is 37.0 Å². The minimum Gasteiger partial charge on any atom is -0.481 e. The van der Waals surface area contributed by atoms with Crippen LogP contribution in [0.1, 0.15) is 23.6 Å². The molecule has 0 bridgehead atoms. The van der Waals surface area contributed by atoms with Crippen LogP contribution in [0.15, 0.2) is 72.8 Å². The highest BCUT2D eigenvalue weighted by Gasteiger charge is 2.31. The van der Waals surface area contributed by atoms with E-state index in [0.717, 1.165) is 33.9 Å². The van der Waals surface area contributed by atoms with Crippen LogP contribution in [0.25, 0.3) is 0 Å². The molecule has 0 saturated heterocycles. The first-order valence-electron chi connectivity index (χ1n) is 10.1. The second-order valence-corrected chi connectivity index (χ2v) is 7.18. The van der Waals surface area contributed by atoms with Gasteiger partial charge in [-0.2, -0.15) is 0 Å². The summed E-state index contributed by atoms with van der Waals surface area (Å²) >= 11 is 0. The lowest BCUT2D eigenvalue weighted by atomic mass is 9.71. The van der Waals surface area contributed by atoms with Gasteiger partial charge in [0.2, 0.25) is 0 Å². The summed E-state index contributed by atoms with van der Waals surface area (Å²) in [7, 11) is 0. The Labute approximate surface area is 190 Å². The minimum atomic E-state index is -0.445. The Kier molecular flexibility index (Phi) is 7.48. The van der Waals surface area contributed by atoms with Crippen molar-refractivity contribution in [3.05, 3.63) is 89.5 Å². The normalized spacial score (nSPS) is 10.3. The summed E-state index contributed by atoms with van der Waals surface area (Å²) < 4.78 is 16.6. The first-order chi connectivity index (χ1) is 15.6. The van der Waals surface area contributed by atoms with Crippen LogP contribution in [-0.2, 0) is 5.41 Å². The van der Waals surface area contributed by atoms with Crippen LogP contribution in [0.3, 0.4) is 0 Å². The Balaban J connectivity index is 2.01. The van der Waals surface area contributed by atoms with Gasteiger partial charge in [0.05, 0.1) is 0 Å². The summed E-state index contributed by atoms with van der Waals surface area (Å²) in [5.74, 6) is 9.63.